The number of Topliss-reactive ketones (excluding diaryl/α,β-unsaturated/α-hetero) is 1. The van der Waals surface area contributed by atoms with Crippen molar-refractivity contribution >= 4 is 17.9 Å². The standard InChI is InChI=1S/C30H34O9/c1-32-24-10-18(11-25(33-2)29(24)38-16-22-14-36-22)8-20-6-5-7-21(28(20)31)9-19-12-26(34-3)30(27(13-19)35-4)39-17-23-15-37-23/h8-13,22-23H,5-7,14-17H2,1-4H3/b20-8-,21-9+. The smallest absolute Gasteiger partial charge is 0.203 e. The number of hydrogen-bond acceptors (Lipinski definition) is 9. The van der Waals surface area contributed by atoms with E-state index in [2.05, 4.69) is 0 Å². The largest absolute Gasteiger partial charge is 0.493 e. The van der Waals surface area contributed by atoms with Crippen LogP contribution in [0.5, 0.6) is 34.5 Å². The van der Waals surface area contributed by atoms with E-state index in [1.54, 1.807) is 28.4 Å². The molecule has 5 rings (SSSR count). The van der Waals surface area contributed by atoms with Crippen molar-refractivity contribution in [3.05, 3.63) is 46.5 Å². The Labute approximate surface area is 228 Å². The van der Waals surface area contributed by atoms with Crippen LogP contribution in [0.3, 0.4) is 0 Å². The highest BCUT2D eigenvalue weighted by molar-refractivity contribution is 6.14. The maximum atomic E-state index is 13.5. The summed E-state index contributed by atoms with van der Waals surface area (Å²) in [6, 6.07) is 7.41. The van der Waals surface area contributed by atoms with Gasteiger partial charge in [-0.25, -0.2) is 0 Å². The number of methoxy groups -OCH3 is 4. The van der Waals surface area contributed by atoms with E-state index in [0.29, 0.717) is 73.8 Å². The quantitative estimate of drug-likeness (QED) is 0.286. The van der Waals surface area contributed by atoms with Gasteiger partial charge in [0.15, 0.2) is 28.8 Å². The van der Waals surface area contributed by atoms with Gasteiger partial charge in [-0.3, -0.25) is 4.79 Å². The van der Waals surface area contributed by atoms with Gasteiger partial charge in [0.1, 0.15) is 25.4 Å². The van der Waals surface area contributed by atoms with Crippen molar-refractivity contribution < 1.29 is 42.7 Å². The Balaban J connectivity index is 1.39. The molecule has 208 valence electrons. The van der Waals surface area contributed by atoms with Crippen molar-refractivity contribution in [2.45, 2.75) is 31.5 Å². The Morgan fingerprint density at radius 1 is 0.692 bits per heavy atom. The first kappa shape index (κ1) is 26.9. The van der Waals surface area contributed by atoms with Crippen LogP contribution in [0.15, 0.2) is 35.4 Å². The third kappa shape index (κ3) is 6.49. The second-order valence-corrected chi connectivity index (χ2v) is 9.56. The van der Waals surface area contributed by atoms with Crippen molar-refractivity contribution in [1.82, 2.24) is 0 Å². The second-order valence-electron chi connectivity index (χ2n) is 9.56. The van der Waals surface area contributed by atoms with Crippen LogP contribution in [0.25, 0.3) is 12.2 Å². The molecule has 2 aliphatic heterocycles. The van der Waals surface area contributed by atoms with E-state index in [4.69, 9.17) is 37.9 Å². The van der Waals surface area contributed by atoms with Gasteiger partial charge < -0.3 is 37.9 Å². The zero-order valence-corrected chi connectivity index (χ0v) is 22.7. The molecule has 9 heteroatoms. The summed E-state index contributed by atoms with van der Waals surface area (Å²) in [5, 5.41) is 0. The first-order valence-corrected chi connectivity index (χ1v) is 13.0. The van der Waals surface area contributed by atoms with Crippen LogP contribution in [-0.2, 0) is 14.3 Å². The third-order valence-corrected chi connectivity index (χ3v) is 6.76. The van der Waals surface area contributed by atoms with Crippen molar-refractivity contribution in [3.63, 3.8) is 0 Å². The summed E-state index contributed by atoms with van der Waals surface area (Å²) in [5.41, 5.74) is 3.04. The Bertz CT molecular complexity index is 1130. The lowest BCUT2D eigenvalue weighted by molar-refractivity contribution is -0.112. The molecule has 9 nitrogen and oxygen atoms in total. The highest BCUT2D eigenvalue weighted by Gasteiger charge is 2.27. The van der Waals surface area contributed by atoms with Gasteiger partial charge in [0.05, 0.1) is 41.7 Å². The Hall–Kier alpha value is -3.69. The van der Waals surface area contributed by atoms with Gasteiger partial charge in [-0.15, -0.1) is 0 Å². The fourth-order valence-electron chi connectivity index (χ4n) is 4.51. The maximum absolute atomic E-state index is 13.5. The molecule has 2 atom stereocenters. The molecule has 3 aliphatic rings. The fraction of sp³-hybridized carbons (Fsp3) is 0.433. The van der Waals surface area contributed by atoms with Gasteiger partial charge in [0.2, 0.25) is 11.5 Å². The average Bonchev–Trinajstić information content (AvgIpc) is 3.88. The number of rotatable bonds is 12. The summed E-state index contributed by atoms with van der Waals surface area (Å²) >= 11 is 0. The normalized spacial score (nSPS) is 22.0. The van der Waals surface area contributed by atoms with Gasteiger partial charge >= 0.3 is 0 Å². The van der Waals surface area contributed by atoms with E-state index in [1.165, 1.54) is 0 Å². The number of carbonyl (C=O) groups is 1. The summed E-state index contributed by atoms with van der Waals surface area (Å²) in [7, 11) is 6.32. The average molecular weight is 539 g/mol. The molecule has 0 aromatic heterocycles. The lowest BCUT2D eigenvalue weighted by Gasteiger charge is -2.19. The van der Waals surface area contributed by atoms with Crippen molar-refractivity contribution in [3.8, 4) is 34.5 Å². The molecule has 0 radical (unpaired) electrons. The summed E-state index contributed by atoms with van der Waals surface area (Å²) in [6.45, 7) is 2.25. The van der Waals surface area contributed by atoms with E-state index in [9.17, 15) is 4.79 Å². The molecule has 1 aliphatic carbocycles. The lowest BCUT2D eigenvalue weighted by atomic mass is 9.86. The molecule has 2 aromatic carbocycles. The number of ketones is 1. The van der Waals surface area contributed by atoms with Crippen LogP contribution in [0.2, 0.25) is 0 Å². The zero-order chi connectivity index (χ0) is 27.4. The molecular formula is C30H34O9. The zero-order valence-electron chi connectivity index (χ0n) is 22.7. The van der Waals surface area contributed by atoms with Crippen LogP contribution in [0.4, 0.5) is 0 Å². The SMILES string of the molecule is COc1cc(/C=C2/CCC/C(=C\c3cc(OC)c(OCC4CO4)c(OC)c3)C2=O)cc(OC)c1OCC1CO1. The first-order chi connectivity index (χ1) is 19.0. The molecule has 2 heterocycles. The van der Waals surface area contributed by atoms with E-state index in [-0.39, 0.29) is 18.0 Å². The fourth-order valence-corrected chi connectivity index (χ4v) is 4.51. The summed E-state index contributed by atoms with van der Waals surface area (Å²) < 4.78 is 44.5. The van der Waals surface area contributed by atoms with Gasteiger partial charge in [-0.05, 0) is 66.8 Å². The predicted octanol–water partition coefficient (Wildman–Crippen LogP) is 4.50. The Kier molecular flexibility index (Phi) is 8.28. The van der Waals surface area contributed by atoms with Crippen LogP contribution in [0, 0.1) is 0 Å². The lowest BCUT2D eigenvalue weighted by Crippen LogP contribution is -2.12. The number of benzene rings is 2. The van der Waals surface area contributed by atoms with Gasteiger partial charge in [0.25, 0.3) is 0 Å². The molecule has 0 spiro atoms. The van der Waals surface area contributed by atoms with Gasteiger partial charge in [0, 0.05) is 11.1 Å². The minimum atomic E-state index is 0.00883. The number of epoxide rings is 2. The Morgan fingerprint density at radius 3 is 1.36 bits per heavy atom. The highest BCUT2D eigenvalue weighted by Crippen LogP contribution is 2.42. The van der Waals surface area contributed by atoms with Crippen molar-refractivity contribution in [1.29, 1.82) is 0 Å². The minimum absolute atomic E-state index is 0.00883. The topological polar surface area (TPSA) is 97.5 Å². The van der Waals surface area contributed by atoms with E-state index < -0.39 is 0 Å². The molecule has 2 aromatic rings. The third-order valence-electron chi connectivity index (χ3n) is 6.76. The van der Waals surface area contributed by atoms with E-state index >= 15 is 0 Å². The highest BCUT2D eigenvalue weighted by atomic mass is 16.6. The summed E-state index contributed by atoms with van der Waals surface area (Å²) in [5.74, 6) is 3.20. The molecule has 0 amide bonds. The minimum Gasteiger partial charge on any atom is -0.493 e. The monoisotopic (exact) mass is 538 g/mol. The van der Waals surface area contributed by atoms with Crippen molar-refractivity contribution in [2.75, 3.05) is 54.9 Å². The van der Waals surface area contributed by atoms with Gasteiger partial charge in [-0.2, -0.15) is 0 Å². The number of allylic oxidation sites excluding steroid dienone is 2. The second kappa shape index (κ2) is 12.0. The van der Waals surface area contributed by atoms with Crippen LogP contribution < -0.4 is 28.4 Å². The molecule has 2 saturated heterocycles. The summed E-state index contributed by atoms with van der Waals surface area (Å²) in [4.78, 5) is 13.5. The van der Waals surface area contributed by atoms with E-state index in [0.717, 1.165) is 28.7 Å². The number of hydrogen-bond donors (Lipinski definition) is 0. The summed E-state index contributed by atoms with van der Waals surface area (Å²) in [6.07, 6.45) is 6.22. The Morgan fingerprint density at radius 2 is 1.05 bits per heavy atom. The van der Waals surface area contributed by atoms with Crippen LogP contribution in [0.1, 0.15) is 30.4 Å². The van der Waals surface area contributed by atoms with E-state index in [1.807, 2.05) is 36.4 Å². The number of carbonyl (C=O) groups excluding carboxylic acids is 1. The first-order valence-electron chi connectivity index (χ1n) is 13.0. The molecule has 39 heavy (non-hydrogen) atoms. The van der Waals surface area contributed by atoms with Crippen LogP contribution in [-0.4, -0.2) is 72.9 Å². The predicted molar refractivity (Wildman–Crippen MR) is 144 cm³/mol. The molecule has 2 unspecified atom stereocenters. The van der Waals surface area contributed by atoms with Crippen LogP contribution >= 0.6 is 0 Å². The van der Waals surface area contributed by atoms with Gasteiger partial charge in [-0.1, -0.05) is 0 Å². The molecular weight excluding hydrogens is 504 g/mol. The molecule has 0 bridgehead atoms. The number of ether oxygens (including phenoxy) is 8. The molecule has 1 saturated carbocycles. The van der Waals surface area contributed by atoms with Crippen molar-refractivity contribution in [2.24, 2.45) is 0 Å². The maximum Gasteiger partial charge on any atom is 0.203 e. The molecule has 3 fully saturated rings. The molecule has 0 N–H and O–H groups in total.